The molecule has 0 aliphatic heterocycles. The van der Waals surface area contributed by atoms with Crippen LogP contribution in [0.15, 0.2) is 72.8 Å². The molecule has 3 rings (SSSR count). The van der Waals surface area contributed by atoms with Gasteiger partial charge in [-0.05, 0) is 53.1 Å². The van der Waals surface area contributed by atoms with Crippen molar-refractivity contribution in [3.63, 3.8) is 0 Å². The molecule has 134 valence electrons. The molecular weight excluding hydrogens is 360 g/mol. The second-order valence-electron chi connectivity index (χ2n) is 5.91. The maximum Gasteiger partial charge on any atom is 0.258 e. The lowest BCUT2D eigenvalue weighted by Gasteiger charge is -2.09. The molecule has 0 spiro atoms. The van der Waals surface area contributed by atoms with Crippen molar-refractivity contribution in [2.75, 3.05) is 6.61 Å². The molecule has 0 radical (unpaired) electrons. The van der Waals surface area contributed by atoms with Crippen LogP contribution in [0.4, 0.5) is 0 Å². The van der Waals surface area contributed by atoms with Crippen LogP contribution in [0, 0.1) is 11.3 Å². The Balaban J connectivity index is 1.50. The predicted octanol–water partition coefficient (Wildman–Crippen LogP) is 4.57. The molecule has 1 amide bonds. The largest absolute Gasteiger partial charge is 0.484 e. The van der Waals surface area contributed by atoms with Crippen LogP contribution in [0.1, 0.15) is 11.1 Å². The van der Waals surface area contributed by atoms with Crippen molar-refractivity contribution >= 4 is 17.5 Å². The number of hydrogen-bond donors (Lipinski definition) is 1. The van der Waals surface area contributed by atoms with Gasteiger partial charge in [0.25, 0.3) is 5.91 Å². The highest BCUT2D eigenvalue weighted by Gasteiger charge is 2.04. The van der Waals surface area contributed by atoms with Gasteiger partial charge in [0, 0.05) is 11.6 Å². The third kappa shape index (κ3) is 5.34. The van der Waals surface area contributed by atoms with E-state index in [2.05, 4.69) is 11.4 Å². The SMILES string of the molecule is N#Cc1ccc(-c2ccc(OCC(=O)NCc3cccc(Cl)c3)cc2)cc1. The van der Waals surface area contributed by atoms with E-state index in [0.29, 0.717) is 22.9 Å². The molecule has 27 heavy (non-hydrogen) atoms. The lowest BCUT2D eigenvalue weighted by Crippen LogP contribution is -2.28. The number of carbonyl (C=O) groups is 1. The van der Waals surface area contributed by atoms with Gasteiger partial charge in [-0.25, -0.2) is 0 Å². The smallest absolute Gasteiger partial charge is 0.258 e. The van der Waals surface area contributed by atoms with E-state index in [0.717, 1.165) is 16.7 Å². The summed E-state index contributed by atoms with van der Waals surface area (Å²) >= 11 is 5.92. The van der Waals surface area contributed by atoms with E-state index in [-0.39, 0.29) is 12.5 Å². The lowest BCUT2D eigenvalue weighted by atomic mass is 10.0. The molecule has 0 heterocycles. The van der Waals surface area contributed by atoms with Crippen molar-refractivity contribution in [1.29, 1.82) is 5.26 Å². The van der Waals surface area contributed by atoms with E-state index in [1.165, 1.54) is 0 Å². The summed E-state index contributed by atoms with van der Waals surface area (Å²) in [6, 6.07) is 24.3. The average Bonchev–Trinajstić information content (AvgIpc) is 2.71. The monoisotopic (exact) mass is 376 g/mol. The number of amides is 1. The zero-order valence-electron chi connectivity index (χ0n) is 14.5. The Labute approximate surface area is 163 Å². The van der Waals surface area contributed by atoms with Crippen molar-refractivity contribution in [2.45, 2.75) is 6.54 Å². The Morgan fingerprint density at radius 3 is 2.30 bits per heavy atom. The van der Waals surface area contributed by atoms with E-state index in [1.807, 2.05) is 54.6 Å². The Kier molecular flexibility index (Phi) is 6.09. The predicted molar refractivity (Wildman–Crippen MR) is 105 cm³/mol. The van der Waals surface area contributed by atoms with Crippen LogP contribution in [-0.4, -0.2) is 12.5 Å². The molecule has 0 saturated heterocycles. The quantitative estimate of drug-likeness (QED) is 0.685. The first-order chi connectivity index (χ1) is 13.1. The summed E-state index contributed by atoms with van der Waals surface area (Å²) in [7, 11) is 0. The molecule has 0 atom stereocenters. The number of benzene rings is 3. The van der Waals surface area contributed by atoms with Crippen LogP contribution < -0.4 is 10.1 Å². The summed E-state index contributed by atoms with van der Waals surface area (Å²) in [5.41, 5.74) is 3.59. The summed E-state index contributed by atoms with van der Waals surface area (Å²) < 4.78 is 5.53. The Morgan fingerprint density at radius 2 is 1.67 bits per heavy atom. The fraction of sp³-hybridized carbons (Fsp3) is 0.0909. The molecule has 0 bridgehead atoms. The molecule has 0 aromatic heterocycles. The van der Waals surface area contributed by atoms with E-state index in [9.17, 15) is 4.79 Å². The van der Waals surface area contributed by atoms with Gasteiger partial charge in [0.1, 0.15) is 5.75 Å². The number of ether oxygens (including phenoxy) is 1. The molecule has 3 aromatic rings. The van der Waals surface area contributed by atoms with Gasteiger partial charge in [0.05, 0.1) is 11.6 Å². The fourth-order valence-electron chi connectivity index (χ4n) is 2.53. The number of nitrogens with one attached hydrogen (secondary N) is 1. The standard InChI is InChI=1S/C22H17ClN2O2/c23-20-3-1-2-17(12-20)14-25-22(26)15-27-21-10-8-19(9-11-21)18-6-4-16(13-24)5-7-18/h1-12H,14-15H2,(H,25,26). The van der Waals surface area contributed by atoms with Gasteiger partial charge in [0.15, 0.2) is 6.61 Å². The summed E-state index contributed by atoms with van der Waals surface area (Å²) in [6.45, 7) is 0.344. The molecule has 5 heteroatoms. The third-order valence-electron chi connectivity index (χ3n) is 3.95. The molecule has 0 unspecified atom stereocenters. The van der Waals surface area contributed by atoms with Crippen molar-refractivity contribution in [3.8, 4) is 22.9 Å². The summed E-state index contributed by atoms with van der Waals surface area (Å²) in [4.78, 5) is 11.9. The zero-order valence-corrected chi connectivity index (χ0v) is 15.2. The second-order valence-corrected chi connectivity index (χ2v) is 6.35. The van der Waals surface area contributed by atoms with Crippen molar-refractivity contribution < 1.29 is 9.53 Å². The normalized spacial score (nSPS) is 10.1. The first kappa shape index (κ1) is 18.5. The molecule has 3 aromatic carbocycles. The van der Waals surface area contributed by atoms with Gasteiger partial charge < -0.3 is 10.1 Å². The minimum Gasteiger partial charge on any atom is -0.484 e. The highest BCUT2D eigenvalue weighted by molar-refractivity contribution is 6.30. The first-order valence-corrected chi connectivity index (χ1v) is 8.76. The zero-order chi connectivity index (χ0) is 19.1. The maximum atomic E-state index is 11.9. The fourth-order valence-corrected chi connectivity index (χ4v) is 2.74. The van der Waals surface area contributed by atoms with E-state index >= 15 is 0 Å². The summed E-state index contributed by atoms with van der Waals surface area (Å²) in [6.07, 6.45) is 0. The van der Waals surface area contributed by atoms with Crippen LogP contribution in [0.2, 0.25) is 5.02 Å². The van der Waals surface area contributed by atoms with E-state index in [4.69, 9.17) is 21.6 Å². The van der Waals surface area contributed by atoms with Crippen LogP contribution in [0.25, 0.3) is 11.1 Å². The number of halogens is 1. The van der Waals surface area contributed by atoms with Gasteiger partial charge in [-0.15, -0.1) is 0 Å². The molecular formula is C22H17ClN2O2. The highest BCUT2D eigenvalue weighted by atomic mass is 35.5. The van der Waals surface area contributed by atoms with Gasteiger partial charge in [-0.1, -0.05) is 48.0 Å². The lowest BCUT2D eigenvalue weighted by molar-refractivity contribution is -0.123. The number of rotatable bonds is 6. The Hall–Kier alpha value is -3.29. The summed E-state index contributed by atoms with van der Waals surface area (Å²) in [5.74, 6) is 0.413. The Bertz CT molecular complexity index is 961. The Morgan fingerprint density at radius 1 is 1.00 bits per heavy atom. The maximum absolute atomic E-state index is 11.9. The molecule has 0 aliphatic rings. The van der Waals surface area contributed by atoms with Gasteiger partial charge >= 0.3 is 0 Å². The van der Waals surface area contributed by atoms with Crippen LogP contribution in [-0.2, 0) is 11.3 Å². The molecule has 4 nitrogen and oxygen atoms in total. The highest BCUT2D eigenvalue weighted by Crippen LogP contribution is 2.22. The van der Waals surface area contributed by atoms with E-state index in [1.54, 1.807) is 18.2 Å². The number of carbonyl (C=O) groups excluding carboxylic acids is 1. The first-order valence-electron chi connectivity index (χ1n) is 8.38. The van der Waals surface area contributed by atoms with Crippen molar-refractivity contribution in [3.05, 3.63) is 88.9 Å². The third-order valence-corrected chi connectivity index (χ3v) is 4.19. The van der Waals surface area contributed by atoms with Crippen LogP contribution in [0.3, 0.4) is 0 Å². The topological polar surface area (TPSA) is 62.1 Å². The average molecular weight is 377 g/mol. The second kappa shape index (κ2) is 8.88. The number of hydrogen-bond acceptors (Lipinski definition) is 3. The minimum absolute atomic E-state index is 0.0588. The molecule has 0 saturated carbocycles. The summed E-state index contributed by atoms with van der Waals surface area (Å²) in [5, 5.41) is 12.3. The number of nitriles is 1. The molecule has 0 fully saturated rings. The van der Waals surface area contributed by atoms with E-state index < -0.39 is 0 Å². The van der Waals surface area contributed by atoms with Crippen LogP contribution in [0.5, 0.6) is 5.75 Å². The van der Waals surface area contributed by atoms with Gasteiger partial charge in [0.2, 0.25) is 0 Å². The molecule has 1 N–H and O–H groups in total. The van der Waals surface area contributed by atoms with Crippen LogP contribution >= 0.6 is 11.6 Å². The van der Waals surface area contributed by atoms with Crippen molar-refractivity contribution in [2.24, 2.45) is 0 Å². The minimum atomic E-state index is -0.203. The van der Waals surface area contributed by atoms with Gasteiger partial charge in [-0.3, -0.25) is 4.79 Å². The molecule has 0 aliphatic carbocycles. The van der Waals surface area contributed by atoms with Crippen molar-refractivity contribution in [1.82, 2.24) is 5.32 Å². The van der Waals surface area contributed by atoms with Gasteiger partial charge in [-0.2, -0.15) is 5.26 Å². The number of nitrogens with zero attached hydrogens (tertiary/aromatic N) is 1.